The molecule has 1 unspecified atom stereocenters. The monoisotopic (exact) mass is 350 g/mol. The van der Waals surface area contributed by atoms with E-state index in [1.54, 1.807) is 43.1 Å². The number of likely N-dealkylation sites (N-methyl/N-ethyl adjacent to an activating group) is 1. The van der Waals surface area contributed by atoms with Crippen molar-refractivity contribution in [2.24, 2.45) is 0 Å². The topological polar surface area (TPSA) is 85.2 Å². The lowest BCUT2D eigenvalue weighted by atomic mass is 10.2. The molecule has 0 spiro atoms. The molecule has 0 saturated heterocycles. The number of rotatable bonds is 6. The summed E-state index contributed by atoms with van der Waals surface area (Å²) in [6.45, 7) is 3.78. The summed E-state index contributed by atoms with van der Waals surface area (Å²) in [6, 6.07) is 15.7. The normalized spacial score (nSPS) is 11.5. The summed E-state index contributed by atoms with van der Waals surface area (Å²) >= 11 is 0. The zero-order chi connectivity index (χ0) is 19.1. The molecule has 0 aromatic heterocycles. The van der Waals surface area contributed by atoms with Crippen molar-refractivity contribution < 1.29 is 9.59 Å². The van der Waals surface area contributed by atoms with Crippen molar-refractivity contribution in [2.45, 2.75) is 19.9 Å². The second-order valence-corrected chi connectivity index (χ2v) is 6.19. The Kier molecular flexibility index (Phi) is 6.48. The van der Waals surface area contributed by atoms with E-state index in [2.05, 4.69) is 10.6 Å². The van der Waals surface area contributed by atoms with Crippen LogP contribution in [0.2, 0.25) is 0 Å². The second kappa shape index (κ2) is 8.79. The highest BCUT2D eigenvalue weighted by Gasteiger charge is 2.20. The molecule has 2 aromatic rings. The Bertz CT molecular complexity index is 824. The number of nitrogens with one attached hydrogen (secondary N) is 2. The van der Waals surface area contributed by atoms with Gasteiger partial charge < -0.3 is 10.6 Å². The molecule has 6 nitrogen and oxygen atoms in total. The van der Waals surface area contributed by atoms with Crippen LogP contribution in [0.15, 0.2) is 48.5 Å². The van der Waals surface area contributed by atoms with Gasteiger partial charge in [0, 0.05) is 11.4 Å². The summed E-state index contributed by atoms with van der Waals surface area (Å²) in [5.41, 5.74) is 2.93. The van der Waals surface area contributed by atoms with Crippen molar-refractivity contribution in [3.63, 3.8) is 0 Å². The molecule has 0 aliphatic carbocycles. The standard InChI is InChI=1S/C20H22N4O2/c1-14-5-4-6-18(11-14)22-19(25)13-24(3)15(2)20(26)23-17-9-7-16(12-21)8-10-17/h4-11,15H,13H2,1-3H3,(H,22,25)(H,23,26). The minimum Gasteiger partial charge on any atom is -0.325 e. The van der Waals surface area contributed by atoms with Gasteiger partial charge in [-0.1, -0.05) is 12.1 Å². The number of carbonyl (C=O) groups excluding carboxylic acids is 2. The van der Waals surface area contributed by atoms with Gasteiger partial charge in [-0.05, 0) is 62.9 Å². The number of nitriles is 1. The SMILES string of the molecule is Cc1cccc(NC(=O)CN(C)C(C)C(=O)Nc2ccc(C#N)cc2)c1. The van der Waals surface area contributed by atoms with Gasteiger partial charge in [0.25, 0.3) is 0 Å². The van der Waals surface area contributed by atoms with Crippen molar-refractivity contribution in [2.75, 3.05) is 24.2 Å². The van der Waals surface area contributed by atoms with Gasteiger partial charge in [-0.2, -0.15) is 5.26 Å². The Balaban J connectivity index is 1.88. The van der Waals surface area contributed by atoms with Crippen molar-refractivity contribution >= 4 is 23.2 Å². The van der Waals surface area contributed by atoms with E-state index in [1.165, 1.54) is 0 Å². The Morgan fingerprint density at radius 1 is 1.12 bits per heavy atom. The molecule has 0 heterocycles. The summed E-state index contributed by atoms with van der Waals surface area (Å²) in [6.07, 6.45) is 0. The number of nitrogens with zero attached hydrogens (tertiary/aromatic N) is 2. The molecule has 0 saturated carbocycles. The average Bonchev–Trinajstić information content (AvgIpc) is 2.61. The van der Waals surface area contributed by atoms with Crippen molar-refractivity contribution in [1.29, 1.82) is 5.26 Å². The van der Waals surface area contributed by atoms with E-state index in [4.69, 9.17) is 5.26 Å². The zero-order valence-electron chi connectivity index (χ0n) is 15.1. The largest absolute Gasteiger partial charge is 0.325 e. The van der Waals surface area contributed by atoms with Gasteiger partial charge in [0.15, 0.2) is 0 Å². The first-order valence-electron chi connectivity index (χ1n) is 8.27. The zero-order valence-corrected chi connectivity index (χ0v) is 15.1. The molecule has 134 valence electrons. The lowest BCUT2D eigenvalue weighted by Crippen LogP contribution is -2.43. The van der Waals surface area contributed by atoms with Crippen LogP contribution in [0.4, 0.5) is 11.4 Å². The van der Waals surface area contributed by atoms with Crippen molar-refractivity contribution in [3.05, 3.63) is 59.7 Å². The first-order chi connectivity index (χ1) is 12.4. The number of amides is 2. The van der Waals surface area contributed by atoms with E-state index in [9.17, 15) is 9.59 Å². The van der Waals surface area contributed by atoms with Gasteiger partial charge in [0.1, 0.15) is 0 Å². The molecule has 6 heteroatoms. The van der Waals surface area contributed by atoms with Crippen LogP contribution in [0, 0.1) is 18.3 Å². The van der Waals surface area contributed by atoms with Crippen molar-refractivity contribution in [3.8, 4) is 6.07 Å². The Hall–Kier alpha value is -3.17. The van der Waals surface area contributed by atoms with E-state index in [1.807, 2.05) is 37.3 Å². The smallest absolute Gasteiger partial charge is 0.241 e. The highest BCUT2D eigenvalue weighted by molar-refractivity contribution is 5.96. The molecule has 0 fully saturated rings. The van der Waals surface area contributed by atoms with E-state index in [0.717, 1.165) is 11.3 Å². The highest BCUT2D eigenvalue weighted by Crippen LogP contribution is 2.11. The number of carbonyl (C=O) groups is 2. The number of hydrogen-bond acceptors (Lipinski definition) is 4. The number of benzene rings is 2. The molecule has 0 radical (unpaired) electrons. The third-order valence-electron chi connectivity index (χ3n) is 4.02. The summed E-state index contributed by atoms with van der Waals surface area (Å²) in [5, 5.41) is 14.4. The number of anilines is 2. The fourth-order valence-electron chi connectivity index (χ4n) is 2.36. The number of hydrogen-bond donors (Lipinski definition) is 2. The van der Waals surface area contributed by atoms with E-state index >= 15 is 0 Å². The summed E-state index contributed by atoms with van der Waals surface area (Å²) < 4.78 is 0. The molecule has 2 N–H and O–H groups in total. The molecular weight excluding hydrogens is 328 g/mol. The van der Waals surface area contributed by atoms with Gasteiger partial charge >= 0.3 is 0 Å². The van der Waals surface area contributed by atoms with Crippen LogP contribution in [0.5, 0.6) is 0 Å². The maximum absolute atomic E-state index is 12.3. The Morgan fingerprint density at radius 2 is 1.81 bits per heavy atom. The summed E-state index contributed by atoms with van der Waals surface area (Å²) in [7, 11) is 1.72. The van der Waals surface area contributed by atoms with Crippen LogP contribution in [-0.4, -0.2) is 36.3 Å². The third kappa shape index (κ3) is 5.43. The van der Waals surface area contributed by atoms with Crippen LogP contribution >= 0.6 is 0 Å². The molecule has 0 aliphatic heterocycles. The van der Waals surface area contributed by atoms with Crippen LogP contribution in [0.3, 0.4) is 0 Å². The molecule has 0 bridgehead atoms. The van der Waals surface area contributed by atoms with E-state index < -0.39 is 6.04 Å². The minimum absolute atomic E-state index is 0.0932. The number of aryl methyl sites for hydroxylation is 1. The first-order valence-corrected chi connectivity index (χ1v) is 8.27. The fourth-order valence-corrected chi connectivity index (χ4v) is 2.36. The molecule has 2 aromatic carbocycles. The quantitative estimate of drug-likeness (QED) is 0.839. The van der Waals surface area contributed by atoms with Crippen LogP contribution < -0.4 is 10.6 Å². The van der Waals surface area contributed by atoms with Crippen molar-refractivity contribution in [1.82, 2.24) is 4.90 Å². The van der Waals surface area contributed by atoms with Crippen LogP contribution in [-0.2, 0) is 9.59 Å². The lowest BCUT2D eigenvalue weighted by molar-refractivity contribution is -0.122. The highest BCUT2D eigenvalue weighted by atomic mass is 16.2. The third-order valence-corrected chi connectivity index (χ3v) is 4.02. The van der Waals surface area contributed by atoms with Gasteiger partial charge in [-0.25, -0.2) is 0 Å². The summed E-state index contributed by atoms with van der Waals surface area (Å²) in [5.74, 6) is -0.406. The van der Waals surface area contributed by atoms with Gasteiger partial charge in [-0.3, -0.25) is 14.5 Å². The molecule has 26 heavy (non-hydrogen) atoms. The lowest BCUT2D eigenvalue weighted by Gasteiger charge is -2.23. The Labute approximate surface area is 153 Å². The molecule has 1 atom stereocenters. The fraction of sp³-hybridized carbons (Fsp3) is 0.250. The van der Waals surface area contributed by atoms with Gasteiger partial charge in [0.05, 0.1) is 24.2 Å². The van der Waals surface area contributed by atoms with E-state index in [-0.39, 0.29) is 18.4 Å². The van der Waals surface area contributed by atoms with Crippen LogP contribution in [0.1, 0.15) is 18.1 Å². The second-order valence-electron chi connectivity index (χ2n) is 6.19. The Morgan fingerprint density at radius 3 is 2.42 bits per heavy atom. The maximum Gasteiger partial charge on any atom is 0.241 e. The molecule has 0 aliphatic rings. The molecule has 2 rings (SSSR count). The predicted octanol–water partition coefficient (Wildman–Crippen LogP) is 2.76. The molecule has 2 amide bonds. The van der Waals surface area contributed by atoms with Gasteiger partial charge in [0.2, 0.25) is 11.8 Å². The van der Waals surface area contributed by atoms with E-state index in [0.29, 0.717) is 11.3 Å². The average molecular weight is 350 g/mol. The minimum atomic E-state index is -0.492. The maximum atomic E-state index is 12.3. The van der Waals surface area contributed by atoms with Crippen LogP contribution in [0.25, 0.3) is 0 Å². The van der Waals surface area contributed by atoms with Gasteiger partial charge in [-0.15, -0.1) is 0 Å². The summed E-state index contributed by atoms with van der Waals surface area (Å²) in [4.78, 5) is 26.2. The predicted molar refractivity (Wildman–Crippen MR) is 102 cm³/mol. The molecular formula is C20H22N4O2. The first kappa shape index (κ1) is 19.2.